The number of ketones is 1. The van der Waals surface area contributed by atoms with Crippen LogP contribution in [0.15, 0.2) is 30.3 Å². The molecule has 0 radical (unpaired) electrons. The van der Waals surface area contributed by atoms with E-state index in [1.807, 2.05) is 24.5 Å². The molecule has 37 heavy (non-hydrogen) atoms. The number of carbonyl (C=O) groups is 5. The van der Waals surface area contributed by atoms with Crippen LogP contribution in [-0.2, 0) is 19.2 Å². The van der Waals surface area contributed by atoms with Crippen molar-refractivity contribution in [1.29, 1.82) is 0 Å². The number of carboxylic acids is 4. The fourth-order valence-corrected chi connectivity index (χ4v) is 3.58. The molecule has 0 unspecified atom stereocenters. The number of likely N-dealkylation sites (N-methyl/N-ethyl adjacent to an activating group) is 1. The molecule has 3 rings (SSSR count). The minimum Gasteiger partial charge on any atom is -0.473 e. The summed E-state index contributed by atoms with van der Waals surface area (Å²) >= 11 is 0. The quantitative estimate of drug-likeness (QED) is 0.329. The standard InChI is InChI=1S/C20H26FN3O.2C2H2O4/c1-4-22-9-11-23(12-10-22)14-20(25)19-13-15(2)24(16(19)3)18-7-5-17(21)6-8-18;2*3-1(4)2(5)6/h5-8,13H,4,9-12,14H2,1-3H3;2*(H,3,4)(H,5,6). The number of carbonyl (C=O) groups excluding carboxylic acids is 1. The summed E-state index contributed by atoms with van der Waals surface area (Å²) in [4.78, 5) is 53.8. The van der Waals surface area contributed by atoms with Crippen molar-refractivity contribution < 1.29 is 48.8 Å². The molecule has 1 saturated heterocycles. The van der Waals surface area contributed by atoms with Gasteiger partial charge >= 0.3 is 23.9 Å². The number of carboxylic acid groups (broad SMARTS) is 4. The number of Topliss-reactive ketones (excluding diaryl/α,β-unsaturated/α-hetero) is 1. The van der Waals surface area contributed by atoms with Crippen molar-refractivity contribution in [3.05, 3.63) is 53.1 Å². The topological polar surface area (TPSA) is 178 Å². The number of aliphatic carboxylic acids is 4. The summed E-state index contributed by atoms with van der Waals surface area (Å²) in [5, 5.41) is 29.6. The third-order valence-corrected chi connectivity index (χ3v) is 5.46. The number of piperazine rings is 1. The molecular weight excluding hydrogens is 493 g/mol. The molecule has 1 aliphatic heterocycles. The second kappa shape index (κ2) is 14.5. The Morgan fingerprint density at radius 2 is 1.22 bits per heavy atom. The first-order valence-electron chi connectivity index (χ1n) is 11.1. The SMILES string of the molecule is CCN1CCN(CC(=O)c2cc(C)n(-c3ccc(F)cc3)c2C)CC1.O=C(O)C(=O)O.O=C(O)C(=O)O. The molecule has 0 aliphatic carbocycles. The van der Waals surface area contributed by atoms with E-state index < -0.39 is 23.9 Å². The van der Waals surface area contributed by atoms with Crippen molar-refractivity contribution in [3.63, 3.8) is 0 Å². The van der Waals surface area contributed by atoms with E-state index in [4.69, 9.17) is 39.6 Å². The summed E-state index contributed by atoms with van der Waals surface area (Å²) in [5.74, 6) is -7.39. The Morgan fingerprint density at radius 3 is 1.62 bits per heavy atom. The summed E-state index contributed by atoms with van der Waals surface area (Å²) in [7, 11) is 0. The first-order valence-corrected chi connectivity index (χ1v) is 11.1. The Labute approximate surface area is 212 Å². The lowest BCUT2D eigenvalue weighted by molar-refractivity contribution is -0.159. The van der Waals surface area contributed by atoms with Crippen molar-refractivity contribution in [2.75, 3.05) is 39.3 Å². The van der Waals surface area contributed by atoms with Crippen molar-refractivity contribution in [2.45, 2.75) is 20.8 Å². The maximum absolute atomic E-state index is 13.2. The first kappa shape index (κ1) is 30.9. The van der Waals surface area contributed by atoms with E-state index >= 15 is 0 Å². The molecule has 0 spiro atoms. The predicted octanol–water partition coefficient (Wildman–Crippen LogP) is 1.36. The van der Waals surface area contributed by atoms with Gasteiger partial charge in [0, 0.05) is 48.8 Å². The summed E-state index contributed by atoms with van der Waals surface area (Å²) in [5.41, 5.74) is 3.55. The molecule has 1 aromatic carbocycles. The van der Waals surface area contributed by atoms with E-state index in [-0.39, 0.29) is 11.6 Å². The first-order chi connectivity index (χ1) is 17.3. The molecule has 13 heteroatoms. The summed E-state index contributed by atoms with van der Waals surface area (Å²) in [6.45, 7) is 11.6. The normalized spacial score (nSPS) is 13.4. The fraction of sp³-hybridized carbons (Fsp3) is 0.375. The molecule has 0 saturated carbocycles. The van der Waals surface area contributed by atoms with E-state index in [0.717, 1.165) is 55.4 Å². The van der Waals surface area contributed by atoms with E-state index in [2.05, 4.69) is 16.7 Å². The maximum atomic E-state index is 13.2. The van der Waals surface area contributed by atoms with Gasteiger partial charge in [-0.1, -0.05) is 6.92 Å². The smallest absolute Gasteiger partial charge is 0.414 e. The Balaban J connectivity index is 0.000000476. The largest absolute Gasteiger partial charge is 0.473 e. The van der Waals surface area contributed by atoms with Crippen LogP contribution in [0.4, 0.5) is 4.39 Å². The average molecular weight is 524 g/mol. The molecule has 12 nitrogen and oxygen atoms in total. The Kier molecular flexibility index (Phi) is 12.1. The summed E-state index contributed by atoms with van der Waals surface area (Å²) in [6, 6.07) is 8.33. The van der Waals surface area contributed by atoms with Gasteiger partial charge in [0.15, 0.2) is 5.78 Å². The van der Waals surface area contributed by atoms with Gasteiger partial charge in [-0.2, -0.15) is 0 Å². The highest BCUT2D eigenvalue weighted by Gasteiger charge is 2.22. The van der Waals surface area contributed by atoms with Crippen molar-refractivity contribution in [3.8, 4) is 5.69 Å². The summed E-state index contributed by atoms with van der Waals surface area (Å²) in [6.07, 6.45) is 0. The maximum Gasteiger partial charge on any atom is 0.414 e. The highest BCUT2D eigenvalue weighted by atomic mass is 19.1. The van der Waals surface area contributed by atoms with Gasteiger partial charge in [-0.25, -0.2) is 23.6 Å². The van der Waals surface area contributed by atoms with Crippen molar-refractivity contribution in [2.24, 2.45) is 0 Å². The molecule has 2 heterocycles. The van der Waals surface area contributed by atoms with E-state index in [9.17, 15) is 9.18 Å². The van der Waals surface area contributed by atoms with Crippen LogP contribution in [0, 0.1) is 19.7 Å². The van der Waals surface area contributed by atoms with E-state index in [1.165, 1.54) is 12.1 Å². The fourth-order valence-electron chi connectivity index (χ4n) is 3.58. The highest BCUT2D eigenvalue weighted by Crippen LogP contribution is 2.22. The molecule has 1 aliphatic rings. The van der Waals surface area contributed by atoms with Crippen LogP contribution < -0.4 is 0 Å². The molecule has 2 aromatic rings. The molecule has 1 fully saturated rings. The van der Waals surface area contributed by atoms with Crippen LogP contribution in [-0.4, -0.2) is 104 Å². The second-order valence-corrected chi connectivity index (χ2v) is 7.95. The van der Waals surface area contributed by atoms with E-state index in [1.54, 1.807) is 12.1 Å². The number of hydrogen-bond acceptors (Lipinski definition) is 7. The lowest BCUT2D eigenvalue weighted by Gasteiger charge is -2.33. The Bertz CT molecular complexity index is 1070. The van der Waals surface area contributed by atoms with Gasteiger partial charge in [-0.05, 0) is 50.7 Å². The van der Waals surface area contributed by atoms with Gasteiger partial charge in [0.2, 0.25) is 0 Å². The van der Waals surface area contributed by atoms with Crippen LogP contribution in [0.3, 0.4) is 0 Å². The third-order valence-electron chi connectivity index (χ3n) is 5.46. The minimum atomic E-state index is -1.82. The number of halogens is 1. The molecule has 4 N–H and O–H groups in total. The van der Waals surface area contributed by atoms with Crippen LogP contribution in [0.1, 0.15) is 28.7 Å². The van der Waals surface area contributed by atoms with Gasteiger partial charge in [-0.15, -0.1) is 0 Å². The van der Waals surface area contributed by atoms with Gasteiger partial charge in [-0.3, -0.25) is 9.69 Å². The van der Waals surface area contributed by atoms with Gasteiger partial charge in [0.25, 0.3) is 0 Å². The second-order valence-electron chi connectivity index (χ2n) is 7.95. The molecule has 0 amide bonds. The molecule has 0 bridgehead atoms. The number of rotatable bonds is 5. The Morgan fingerprint density at radius 1 is 0.784 bits per heavy atom. The zero-order valence-electron chi connectivity index (χ0n) is 20.7. The third kappa shape index (κ3) is 9.82. The van der Waals surface area contributed by atoms with Gasteiger partial charge in [0.1, 0.15) is 5.82 Å². The number of hydrogen-bond donors (Lipinski definition) is 4. The van der Waals surface area contributed by atoms with Crippen LogP contribution >= 0.6 is 0 Å². The van der Waals surface area contributed by atoms with Crippen LogP contribution in [0.5, 0.6) is 0 Å². The predicted molar refractivity (Wildman–Crippen MR) is 129 cm³/mol. The zero-order chi connectivity index (χ0) is 28.3. The van der Waals surface area contributed by atoms with Crippen molar-refractivity contribution >= 4 is 29.7 Å². The Hall–Kier alpha value is -4.10. The van der Waals surface area contributed by atoms with Gasteiger partial charge in [0.05, 0.1) is 6.54 Å². The number of aryl methyl sites for hydroxylation is 1. The zero-order valence-corrected chi connectivity index (χ0v) is 20.7. The van der Waals surface area contributed by atoms with Gasteiger partial charge < -0.3 is 29.9 Å². The average Bonchev–Trinajstić information content (AvgIpc) is 3.14. The number of aromatic nitrogens is 1. The minimum absolute atomic E-state index is 0.159. The lowest BCUT2D eigenvalue weighted by Crippen LogP contribution is -2.47. The molecule has 0 atom stereocenters. The molecular formula is C24H30FN3O9. The summed E-state index contributed by atoms with van der Waals surface area (Å²) < 4.78 is 15.2. The lowest BCUT2D eigenvalue weighted by atomic mass is 10.1. The van der Waals surface area contributed by atoms with Crippen molar-refractivity contribution in [1.82, 2.24) is 14.4 Å². The van der Waals surface area contributed by atoms with Crippen LogP contribution in [0.2, 0.25) is 0 Å². The highest BCUT2D eigenvalue weighted by molar-refractivity contribution is 6.27. The number of benzene rings is 1. The molecule has 202 valence electrons. The van der Waals surface area contributed by atoms with Crippen LogP contribution in [0.25, 0.3) is 5.69 Å². The monoisotopic (exact) mass is 523 g/mol. The molecule has 1 aromatic heterocycles. The van der Waals surface area contributed by atoms with E-state index in [0.29, 0.717) is 6.54 Å². The number of nitrogens with zero attached hydrogens (tertiary/aromatic N) is 3.